The van der Waals surface area contributed by atoms with Crippen LogP contribution in [0.2, 0.25) is 0 Å². The normalized spacial score (nSPS) is 27.4. The van der Waals surface area contributed by atoms with E-state index < -0.39 is 12.2 Å². The fourth-order valence-corrected chi connectivity index (χ4v) is 1.17. The minimum atomic E-state index is -0.905. The molecule has 0 radical (unpaired) electrons. The summed E-state index contributed by atoms with van der Waals surface area (Å²) in [6, 6.07) is 0. The fraction of sp³-hybridized carbons (Fsp3) is 0.625. The van der Waals surface area contributed by atoms with Gasteiger partial charge in [-0.25, -0.2) is 4.79 Å². The summed E-state index contributed by atoms with van der Waals surface area (Å²) in [7, 11) is 0. The van der Waals surface area contributed by atoms with Gasteiger partial charge in [0, 0.05) is 13.1 Å². The van der Waals surface area contributed by atoms with Crippen LogP contribution in [0, 0.1) is 0 Å². The Kier molecular flexibility index (Phi) is 3.10. The summed E-state index contributed by atoms with van der Waals surface area (Å²) in [5.74, 6) is 0. The molecule has 68 valence electrons. The van der Waals surface area contributed by atoms with Crippen molar-refractivity contribution in [1.82, 2.24) is 4.90 Å². The molecule has 0 bridgehead atoms. The third-order valence-corrected chi connectivity index (χ3v) is 1.89. The van der Waals surface area contributed by atoms with Crippen LogP contribution in [0.3, 0.4) is 0 Å². The molecule has 1 heterocycles. The molecule has 1 unspecified atom stereocenters. The average Bonchev–Trinajstić information content (AvgIpc) is 1.97. The minimum absolute atomic E-state index is 0.418. The second-order valence-corrected chi connectivity index (χ2v) is 2.84. The SMILES string of the molecule is O=C(O)N1CC/C=C\C(O)CC1. The highest BCUT2D eigenvalue weighted by atomic mass is 16.4. The molecule has 0 aromatic heterocycles. The van der Waals surface area contributed by atoms with Crippen molar-refractivity contribution in [2.24, 2.45) is 0 Å². The van der Waals surface area contributed by atoms with Crippen LogP contribution in [0.1, 0.15) is 12.8 Å². The van der Waals surface area contributed by atoms with Crippen LogP contribution in [0.5, 0.6) is 0 Å². The molecule has 4 heteroatoms. The summed E-state index contributed by atoms with van der Waals surface area (Å²) >= 11 is 0. The number of amides is 1. The van der Waals surface area contributed by atoms with Crippen LogP contribution in [0.4, 0.5) is 4.79 Å². The predicted octanol–water partition coefficient (Wildman–Crippen LogP) is 0.677. The molecule has 0 saturated carbocycles. The van der Waals surface area contributed by atoms with Crippen molar-refractivity contribution in [3.8, 4) is 0 Å². The summed E-state index contributed by atoms with van der Waals surface area (Å²) < 4.78 is 0. The number of rotatable bonds is 0. The number of aliphatic hydroxyl groups excluding tert-OH is 1. The van der Waals surface area contributed by atoms with Crippen LogP contribution in [-0.2, 0) is 0 Å². The van der Waals surface area contributed by atoms with Gasteiger partial charge in [-0.2, -0.15) is 0 Å². The molecular weight excluding hydrogens is 158 g/mol. The molecule has 0 saturated heterocycles. The Bertz CT molecular complexity index is 191. The first-order valence-corrected chi connectivity index (χ1v) is 4.03. The first-order valence-electron chi connectivity index (χ1n) is 4.03. The van der Waals surface area contributed by atoms with E-state index in [1.807, 2.05) is 6.08 Å². The molecule has 0 aromatic rings. The summed E-state index contributed by atoms with van der Waals surface area (Å²) in [6.45, 7) is 0.944. The Balaban J connectivity index is 2.49. The zero-order chi connectivity index (χ0) is 8.97. The Morgan fingerprint density at radius 3 is 2.92 bits per heavy atom. The van der Waals surface area contributed by atoms with Crippen LogP contribution >= 0.6 is 0 Å². The van der Waals surface area contributed by atoms with Gasteiger partial charge in [-0.15, -0.1) is 0 Å². The van der Waals surface area contributed by atoms with Crippen LogP contribution in [0.15, 0.2) is 12.2 Å². The molecular formula is C8H13NO3. The summed E-state index contributed by atoms with van der Waals surface area (Å²) in [6.07, 6.45) is 3.31. The molecule has 0 aliphatic carbocycles. The lowest BCUT2D eigenvalue weighted by atomic mass is 10.2. The fourth-order valence-electron chi connectivity index (χ4n) is 1.17. The van der Waals surface area contributed by atoms with Crippen LogP contribution < -0.4 is 0 Å². The summed E-state index contributed by atoms with van der Waals surface area (Å²) in [5, 5.41) is 17.9. The second kappa shape index (κ2) is 4.11. The highest BCUT2D eigenvalue weighted by Gasteiger charge is 2.13. The molecule has 1 amide bonds. The molecule has 0 aromatic carbocycles. The van der Waals surface area contributed by atoms with Gasteiger partial charge in [0.2, 0.25) is 0 Å². The number of aliphatic hydroxyl groups is 1. The first kappa shape index (κ1) is 9.06. The van der Waals surface area contributed by atoms with E-state index in [4.69, 9.17) is 5.11 Å². The van der Waals surface area contributed by atoms with Gasteiger partial charge in [-0.1, -0.05) is 12.2 Å². The van der Waals surface area contributed by atoms with E-state index in [2.05, 4.69) is 0 Å². The maximum Gasteiger partial charge on any atom is 0.407 e. The van der Waals surface area contributed by atoms with E-state index >= 15 is 0 Å². The number of carbonyl (C=O) groups is 1. The quantitative estimate of drug-likeness (QED) is 0.527. The van der Waals surface area contributed by atoms with Crippen molar-refractivity contribution in [3.05, 3.63) is 12.2 Å². The molecule has 1 rings (SSSR count). The average molecular weight is 171 g/mol. The molecule has 0 spiro atoms. The standard InChI is InChI=1S/C8H13NO3/c10-7-3-1-2-5-9(6-4-7)8(11)12/h1,3,7,10H,2,4-6H2,(H,11,12)/b3-1-. The third kappa shape index (κ3) is 2.54. The third-order valence-electron chi connectivity index (χ3n) is 1.89. The van der Waals surface area contributed by atoms with Crippen molar-refractivity contribution in [2.75, 3.05) is 13.1 Å². The summed E-state index contributed by atoms with van der Waals surface area (Å²) in [4.78, 5) is 11.9. The molecule has 0 fully saturated rings. The topological polar surface area (TPSA) is 60.8 Å². The molecule has 2 N–H and O–H groups in total. The van der Waals surface area contributed by atoms with Gasteiger partial charge in [0.1, 0.15) is 0 Å². The number of hydrogen-bond acceptors (Lipinski definition) is 2. The van der Waals surface area contributed by atoms with Crippen molar-refractivity contribution in [3.63, 3.8) is 0 Å². The van der Waals surface area contributed by atoms with Crippen molar-refractivity contribution in [2.45, 2.75) is 18.9 Å². The Labute approximate surface area is 71.1 Å². The maximum absolute atomic E-state index is 10.5. The van der Waals surface area contributed by atoms with Gasteiger partial charge >= 0.3 is 6.09 Å². The number of carboxylic acid groups (broad SMARTS) is 1. The molecule has 12 heavy (non-hydrogen) atoms. The zero-order valence-electron chi connectivity index (χ0n) is 6.81. The Morgan fingerprint density at radius 2 is 2.25 bits per heavy atom. The van der Waals surface area contributed by atoms with E-state index in [-0.39, 0.29) is 0 Å². The number of nitrogens with zero attached hydrogens (tertiary/aromatic N) is 1. The van der Waals surface area contributed by atoms with Gasteiger partial charge in [-0.3, -0.25) is 0 Å². The Hall–Kier alpha value is -1.03. The largest absolute Gasteiger partial charge is 0.465 e. The lowest BCUT2D eigenvalue weighted by Crippen LogP contribution is -2.33. The van der Waals surface area contributed by atoms with Gasteiger partial charge in [-0.05, 0) is 12.8 Å². The second-order valence-electron chi connectivity index (χ2n) is 2.84. The van der Waals surface area contributed by atoms with Crippen molar-refractivity contribution >= 4 is 6.09 Å². The first-order chi connectivity index (χ1) is 5.70. The Morgan fingerprint density at radius 1 is 1.50 bits per heavy atom. The smallest absolute Gasteiger partial charge is 0.407 e. The van der Waals surface area contributed by atoms with Gasteiger partial charge in [0.25, 0.3) is 0 Å². The zero-order valence-corrected chi connectivity index (χ0v) is 6.81. The maximum atomic E-state index is 10.5. The molecule has 1 aliphatic rings. The molecule has 1 atom stereocenters. The van der Waals surface area contributed by atoms with Crippen molar-refractivity contribution in [1.29, 1.82) is 0 Å². The van der Waals surface area contributed by atoms with Crippen LogP contribution in [0.25, 0.3) is 0 Å². The van der Waals surface area contributed by atoms with Crippen molar-refractivity contribution < 1.29 is 15.0 Å². The lowest BCUT2D eigenvalue weighted by molar-refractivity contribution is 0.132. The van der Waals surface area contributed by atoms with E-state index in [0.717, 1.165) is 0 Å². The highest BCUT2D eigenvalue weighted by Crippen LogP contribution is 2.04. The minimum Gasteiger partial charge on any atom is -0.465 e. The van der Waals surface area contributed by atoms with E-state index in [1.165, 1.54) is 4.90 Å². The molecule has 1 aliphatic heterocycles. The van der Waals surface area contributed by atoms with Gasteiger partial charge in [0.15, 0.2) is 0 Å². The van der Waals surface area contributed by atoms with E-state index in [9.17, 15) is 9.90 Å². The predicted molar refractivity (Wildman–Crippen MR) is 44.0 cm³/mol. The lowest BCUT2D eigenvalue weighted by Gasteiger charge is -2.21. The highest BCUT2D eigenvalue weighted by molar-refractivity contribution is 5.64. The summed E-state index contributed by atoms with van der Waals surface area (Å²) in [5.41, 5.74) is 0. The number of hydrogen-bond donors (Lipinski definition) is 2. The van der Waals surface area contributed by atoms with E-state index in [0.29, 0.717) is 25.9 Å². The monoisotopic (exact) mass is 171 g/mol. The van der Waals surface area contributed by atoms with Gasteiger partial charge < -0.3 is 15.1 Å². The molecule has 4 nitrogen and oxygen atoms in total. The van der Waals surface area contributed by atoms with Crippen LogP contribution in [-0.4, -0.2) is 40.4 Å². The van der Waals surface area contributed by atoms with E-state index in [1.54, 1.807) is 6.08 Å². The van der Waals surface area contributed by atoms with Gasteiger partial charge in [0.05, 0.1) is 6.10 Å².